The number of nitrogens with zero attached hydrogens (tertiary/aromatic N) is 3. The maximum atomic E-state index is 12.5. The zero-order valence-corrected chi connectivity index (χ0v) is 16.5. The van der Waals surface area contributed by atoms with Gasteiger partial charge >= 0.3 is 6.03 Å². The van der Waals surface area contributed by atoms with Crippen LogP contribution in [0.25, 0.3) is 21.9 Å². The number of H-pyrrole nitrogens is 1. The number of urea groups is 1. The number of hydrogen-bond acceptors (Lipinski definition) is 3. The molecule has 0 bridgehead atoms. The minimum absolute atomic E-state index is 0.340. The summed E-state index contributed by atoms with van der Waals surface area (Å²) in [5.74, 6) is 0. The maximum Gasteiger partial charge on any atom is 0.323 e. The van der Waals surface area contributed by atoms with Crippen LogP contribution in [-0.4, -0.2) is 20.6 Å². The van der Waals surface area contributed by atoms with Crippen molar-refractivity contribution in [2.24, 2.45) is 0 Å². The van der Waals surface area contributed by atoms with Gasteiger partial charge in [0, 0.05) is 41.6 Å². The number of aromatic nitrogens is 3. The summed E-state index contributed by atoms with van der Waals surface area (Å²) in [4.78, 5) is 20.0. The molecule has 7 nitrogen and oxygen atoms in total. The standard InChI is InChI=1S/C24H18N6O/c25-13-16-6-8-18(9-7-16)28-24(31)29-21-4-1-5-22-20(21)10-12-30(22)15-17-14-27-23-19(17)3-2-11-26-23/h1-12,14H,15H2,(H,26,27)(H2,28,29,31). The van der Waals surface area contributed by atoms with Crippen molar-refractivity contribution in [3.63, 3.8) is 0 Å². The molecule has 0 fully saturated rings. The Kier molecular flexibility index (Phi) is 4.58. The molecular weight excluding hydrogens is 388 g/mol. The van der Waals surface area contributed by atoms with E-state index in [-0.39, 0.29) is 6.03 Å². The highest BCUT2D eigenvalue weighted by atomic mass is 16.2. The lowest BCUT2D eigenvalue weighted by molar-refractivity contribution is 0.262. The minimum Gasteiger partial charge on any atom is -0.346 e. The average molecular weight is 406 g/mol. The molecule has 0 atom stereocenters. The number of hydrogen-bond donors (Lipinski definition) is 3. The molecule has 0 spiro atoms. The Hall–Kier alpha value is -4.57. The smallest absolute Gasteiger partial charge is 0.323 e. The Morgan fingerprint density at radius 2 is 1.90 bits per heavy atom. The van der Waals surface area contributed by atoms with Gasteiger partial charge in [0.05, 0.1) is 22.8 Å². The first-order valence-electron chi connectivity index (χ1n) is 9.78. The Labute approximate surface area is 178 Å². The molecule has 31 heavy (non-hydrogen) atoms. The fourth-order valence-electron chi connectivity index (χ4n) is 3.71. The third-order valence-corrected chi connectivity index (χ3v) is 5.21. The second-order valence-corrected chi connectivity index (χ2v) is 7.16. The van der Waals surface area contributed by atoms with Gasteiger partial charge in [0.1, 0.15) is 5.65 Å². The van der Waals surface area contributed by atoms with E-state index in [1.165, 1.54) is 0 Å². The topological polar surface area (TPSA) is 98.5 Å². The van der Waals surface area contributed by atoms with Crippen molar-refractivity contribution >= 4 is 39.3 Å². The summed E-state index contributed by atoms with van der Waals surface area (Å²) in [7, 11) is 0. The predicted octanol–water partition coefficient (Wildman–Crippen LogP) is 5.08. The van der Waals surface area contributed by atoms with Crippen LogP contribution in [0.3, 0.4) is 0 Å². The van der Waals surface area contributed by atoms with Crippen molar-refractivity contribution in [3.05, 3.63) is 90.4 Å². The molecule has 5 aromatic rings. The van der Waals surface area contributed by atoms with Gasteiger partial charge in [-0.25, -0.2) is 9.78 Å². The van der Waals surface area contributed by atoms with Crippen molar-refractivity contribution in [2.75, 3.05) is 10.6 Å². The fraction of sp³-hybridized carbons (Fsp3) is 0.0417. The first-order valence-corrected chi connectivity index (χ1v) is 9.78. The molecule has 3 heterocycles. The lowest BCUT2D eigenvalue weighted by Crippen LogP contribution is -2.19. The van der Waals surface area contributed by atoms with Gasteiger partial charge in [0.15, 0.2) is 0 Å². The summed E-state index contributed by atoms with van der Waals surface area (Å²) < 4.78 is 2.15. The summed E-state index contributed by atoms with van der Waals surface area (Å²) in [5.41, 5.74) is 4.93. The Morgan fingerprint density at radius 3 is 2.74 bits per heavy atom. The lowest BCUT2D eigenvalue weighted by Gasteiger charge is -2.10. The summed E-state index contributed by atoms with van der Waals surface area (Å²) >= 11 is 0. The molecule has 0 aliphatic rings. The molecule has 0 saturated heterocycles. The number of amides is 2. The maximum absolute atomic E-state index is 12.5. The zero-order chi connectivity index (χ0) is 21.2. The van der Waals surface area contributed by atoms with Crippen LogP contribution < -0.4 is 10.6 Å². The first kappa shape index (κ1) is 18.5. The van der Waals surface area contributed by atoms with E-state index in [0.717, 1.165) is 33.2 Å². The number of anilines is 2. The third kappa shape index (κ3) is 3.58. The third-order valence-electron chi connectivity index (χ3n) is 5.21. The fourth-order valence-corrected chi connectivity index (χ4v) is 3.71. The largest absolute Gasteiger partial charge is 0.346 e. The summed E-state index contributed by atoms with van der Waals surface area (Å²) in [5, 5.41) is 16.6. The summed E-state index contributed by atoms with van der Waals surface area (Å²) in [6.45, 7) is 0.691. The molecule has 0 saturated carbocycles. The van der Waals surface area contributed by atoms with E-state index in [4.69, 9.17) is 5.26 Å². The van der Waals surface area contributed by atoms with Gasteiger partial charge in [-0.1, -0.05) is 6.07 Å². The van der Waals surface area contributed by atoms with Gasteiger partial charge in [0.2, 0.25) is 0 Å². The number of nitrogens with one attached hydrogen (secondary N) is 3. The van der Waals surface area contributed by atoms with E-state index in [2.05, 4.69) is 37.3 Å². The quantitative estimate of drug-likeness (QED) is 0.388. The van der Waals surface area contributed by atoms with Crippen LogP contribution in [0.5, 0.6) is 0 Å². The van der Waals surface area contributed by atoms with E-state index in [9.17, 15) is 4.79 Å². The Morgan fingerprint density at radius 1 is 1.03 bits per heavy atom. The van der Waals surface area contributed by atoms with E-state index in [0.29, 0.717) is 17.8 Å². The number of rotatable bonds is 4. The molecule has 2 amide bonds. The molecule has 3 N–H and O–H groups in total. The highest BCUT2D eigenvalue weighted by molar-refractivity contribution is 6.05. The normalized spacial score (nSPS) is 10.8. The zero-order valence-electron chi connectivity index (χ0n) is 16.5. The van der Waals surface area contributed by atoms with Crippen molar-refractivity contribution in [2.45, 2.75) is 6.54 Å². The lowest BCUT2D eigenvalue weighted by atomic mass is 10.2. The van der Waals surface area contributed by atoms with Crippen LogP contribution in [0.2, 0.25) is 0 Å². The molecule has 5 rings (SSSR count). The summed E-state index contributed by atoms with van der Waals surface area (Å²) in [6, 6.07) is 20.3. The highest BCUT2D eigenvalue weighted by Crippen LogP contribution is 2.26. The van der Waals surface area contributed by atoms with Crippen molar-refractivity contribution in [1.29, 1.82) is 5.26 Å². The van der Waals surface area contributed by atoms with Crippen LogP contribution >= 0.6 is 0 Å². The van der Waals surface area contributed by atoms with E-state index in [1.54, 1.807) is 30.5 Å². The number of carbonyl (C=O) groups is 1. The van der Waals surface area contributed by atoms with Crippen molar-refractivity contribution < 1.29 is 4.79 Å². The van der Waals surface area contributed by atoms with Gasteiger partial charge in [-0.2, -0.15) is 5.26 Å². The van der Waals surface area contributed by atoms with Crippen LogP contribution in [0.15, 0.2) is 79.3 Å². The van der Waals surface area contributed by atoms with Gasteiger partial charge in [0.25, 0.3) is 0 Å². The number of benzene rings is 2. The minimum atomic E-state index is -0.340. The van der Waals surface area contributed by atoms with E-state index in [1.807, 2.05) is 42.7 Å². The predicted molar refractivity (Wildman–Crippen MR) is 121 cm³/mol. The molecule has 0 unspecified atom stereocenters. The number of carbonyl (C=O) groups excluding carboxylic acids is 1. The summed E-state index contributed by atoms with van der Waals surface area (Å²) in [6.07, 6.45) is 5.77. The molecule has 0 radical (unpaired) electrons. The van der Waals surface area contributed by atoms with E-state index >= 15 is 0 Å². The SMILES string of the molecule is N#Cc1ccc(NC(=O)Nc2cccc3c2ccn3Cc2c[nH]c3ncccc23)cc1. The number of fused-ring (bicyclic) bond motifs is 2. The Bertz CT molecular complexity index is 1440. The van der Waals surface area contributed by atoms with Crippen LogP contribution in [0.4, 0.5) is 16.2 Å². The molecule has 150 valence electrons. The van der Waals surface area contributed by atoms with Gasteiger partial charge in [-0.15, -0.1) is 0 Å². The molecule has 0 aliphatic carbocycles. The van der Waals surface area contributed by atoms with Crippen LogP contribution in [-0.2, 0) is 6.54 Å². The number of pyridine rings is 1. The molecule has 7 heteroatoms. The van der Waals surface area contributed by atoms with Gasteiger partial charge < -0.3 is 20.2 Å². The second-order valence-electron chi connectivity index (χ2n) is 7.16. The highest BCUT2D eigenvalue weighted by Gasteiger charge is 2.11. The van der Waals surface area contributed by atoms with E-state index < -0.39 is 0 Å². The molecule has 3 aromatic heterocycles. The Balaban J connectivity index is 1.37. The van der Waals surface area contributed by atoms with Gasteiger partial charge in [-0.05, 0) is 60.2 Å². The number of nitriles is 1. The average Bonchev–Trinajstić information content (AvgIpc) is 3.40. The van der Waals surface area contributed by atoms with Crippen LogP contribution in [0, 0.1) is 11.3 Å². The van der Waals surface area contributed by atoms with Crippen LogP contribution in [0.1, 0.15) is 11.1 Å². The first-order chi connectivity index (χ1) is 15.2. The molecule has 2 aromatic carbocycles. The molecular formula is C24H18N6O. The van der Waals surface area contributed by atoms with Crippen molar-refractivity contribution in [3.8, 4) is 6.07 Å². The van der Waals surface area contributed by atoms with Gasteiger partial charge in [-0.3, -0.25) is 0 Å². The molecule has 0 aliphatic heterocycles. The number of aromatic amines is 1. The van der Waals surface area contributed by atoms with Crippen molar-refractivity contribution in [1.82, 2.24) is 14.5 Å². The monoisotopic (exact) mass is 406 g/mol. The second kappa shape index (κ2) is 7.69.